The number of hydrogen-bond donors (Lipinski definition) is 3. The van der Waals surface area contributed by atoms with Crippen LogP contribution >= 0.6 is 7.60 Å². The topological polar surface area (TPSA) is 91.6 Å². The third-order valence-electron chi connectivity index (χ3n) is 3.77. The molecule has 0 unspecified atom stereocenters. The molecule has 20 heavy (non-hydrogen) atoms. The van der Waals surface area contributed by atoms with Gasteiger partial charge in [0.05, 0.1) is 0 Å². The molecule has 0 aliphatic carbocycles. The average Bonchev–Trinajstić information content (AvgIpc) is 3.10. The van der Waals surface area contributed by atoms with E-state index in [9.17, 15) is 14.4 Å². The maximum Gasteiger partial charge on any atom is 0.373 e. The van der Waals surface area contributed by atoms with Crippen LogP contribution in [0.1, 0.15) is 25.7 Å². The van der Waals surface area contributed by atoms with Gasteiger partial charge in [0, 0.05) is 32.3 Å². The maximum atomic E-state index is 11.6. The first-order chi connectivity index (χ1) is 9.54. The van der Waals surface area contributed by atoms with E-state index >= 15 is 0 Å². The number of likely N-dealkylation sites (tertiary alicyclic amines) is 1. The molecule has 0 amide bonds. The molecule has 3 N–H and O–H groups in total. The number of nitrogens with one attached hydrogen (secondary N) is 1. The van der Waals surface area contributed by atoms with Gasteiger partial charge in [-0.1, -0.05) is 0 Å². The van der Waals surface area contributed by atoms with Gasteiger partial charge in [-0.25, -0.2) is 0 Å². The second-order valence-corrected chi connectivity index (χ2v) is 6.86. The Morgan fingerprint density at radius 2 is 1.70 bits per heavy atom. The Kier molecular flexibility index (Phi) is 3.72. The minimum Gasteiger partial charge on any atom is -0.355 e. The van der Waals surface area contributed by atoms with E-state index in [0.29, 0.717) is 5.84 Å². The van der Waals surface area contributed by atoms with Crippen molar-refractivity contribution in [3.63, 3.8) is 0 Å². The van der Waals surface area contributed by atoms with Crippen LogP contribution in [0.2, 0.25) is 0 Å². The molecule has 3 aliphatic heterocycles. The summed E-state index contributed by atoms with van der Waals surface area (Å²) >= 11 is 0. The van der Waals surface area contributed by atoms with Crippen LogP contribution in [-0.4, -0.2) is 56.9 Å². The minimum absolute atomic E-state index is 0.0821. The van der Waals surface area contributed by atoms with E-state index in [2.05, 4.69) is 15.4 Å². The van der Waals surface area contributed by atoms with Crippen molar-refractivity contribution in [2.75, 3.05) is 26.2 Å². The van der Waals surface area contributed by atoms with Crippen LogP contribution < -0.4 is 5.43 Å². The van der Waals surface area contributed by atoms with Crippen LogP contribution in [0, 0.1) is 0 Å². The molecule has 0 spiro atoms. The van der Waals surface area contributed by atoms with Gasteiger partial charge in [0.25, 0.3) is 0 Å². The van der Waals surface area contributed by atoms with Crippen molar-refractivity contribution < 1.29 is 14.4 Å². The Hall–Kier alpha value is -1.08. The predicted octanol–water partition coefficient (Wildman–Crippen LogP) is 0.246. The van der Waals surface area contributed by atoms with Crippen molar-refractivity contribution in [2.24, 2.45) is 5.10 Å². The summed E-state index contributed by atoms with van der Waals surface area (Å²) in [5, 5.41) is 7.95. The number of rotatable bonds is 2. The summed E-state index contributed by atoms with van der Waals surface area (Å²) in [4.78, 5) is 20.9. The monoisotopic (exact) mass is 301 g/mol. The highest BCUT2D eigenvalue weighted by Crippen LogP contribution is 2.44. The molecule has 2 saturated heterocycles. The third-order valence-corrected chi connectivity index (χ3v) is 4.63. The van der Waals surface area contributed by atoms with Crippen LogP contribution in [0.25, 0.3) is 0 Å². The van der Waals surface area contributed by atoms with Crippen LogP contribution in [-0.2, 0) is 4.57 Å². The number of nitrogens with zero attached hydrogens (tertiary/aromatic N) is 4. The number of hydrazone groups is 1. The van der Waals surface area contributed by atoms with E-state index in [1.807, 2.05) is 5.01 Å². The van der Waals surface area contributed by atoms with Gasteiger partial charge in [0.1, 0.15) is 5.44 Å². The SMILES string of the molecule is O=P(O)(O)C1=CC(N2CCCC2)=NN(N2CCCC2)N1. The maximum absolute atomic E-state index is 11.6. The zero-order valence-electron chi connectivity index (χ0n) is 11.3. The summed E-state index contributed by atoms with van der Waals surface area (Å²) < 4.78 is 11.6. The van der Waals surface area contributed by atoms with Crippen LogP contribution in [0.15, 0.2) is 16.6 Å². The average molecular weight is 301 g/mol. The van der Waals surface area contributed by atoms with Gasteiger partial charge >= 0.3 is 7.60 Å². The van der Waals surface area contributed by atoms with E-state index in [1.165, 1.54) is 11.3 Å². The molecule has 3 aliphatic rings. The van der Waals surface area contributed by atoms with Crippen molar-refractivity contribution in [3.05, 3.63) is 11.5 Å². The van der Waals surface area contributed by atoms with Crippen molar-refractivity contribution in [2.45, 2.75) is 25.7 Å². The molecule has 0 aromatic rings. The summed E-state index contributed by atoms with van der Waals surface area (Å²) in [5.41, 5.74) is 2.65. The van der Waals surface area contributed by atoms with E-state index in [0.717, 1.165) is 51.9 Å². The summed E-state index contributed by atoms with van der Waals surface area (Å²) in [7, 11) is -4.32. The van der Waals surface area contributed by atoms with Crippen molar-refractivity contribution in [1.29, 1.82) is 0 Å². The summed E-state index contributed by atoms with van der Waals surface area (Å²) in [6, 6.07) is 0. The third kappa shape index (κ3) is 2.83. The Labute approximate surface area is 117 Å². The molecule has 112 valence electrons. The van der Waals surface area contributed by atoms with Gasteiger partial charge in [0.15, 0.2) is 5.84 Å². The molecule has 3 rings (SSSR count). The van der Waals surface area contributed by atoms with E-state index in [1.54, 1.807) is 0 Å². The Balaban J connectivity index is 1.86. The molecule has 0 atom stereocenters. The molecule has 9 heteroatoms. The Morgan fingerprint density at radius 3 is 2.30 bits per heavy atom. The van der Waals surface area contributed by atoms with E-state index in [4.69, 9.17) is 0 Å². The first kappa shape index (κ1) is 13.9. The molecular weight excluding hydrogens is 281 g/mol. The fourth-order valence-electron chi connectivity index (χ4n) is 2.68. The summed E-state index contributed by atoms with van der Waals surface area (Å²) in [5.74, 6) is 0.631. The van der Waals surface area contributed by atoms with Gasteiger partial charge < -0.3 is 14.7 Å². The minimum atomic E-state index is -4.32. The zero-order valence-corrected chi connectivity index (χ0v) is 12.2. The van der Waals surface area contributed by atoms with Gasteiger partial charge in [-0.3, -0.25) is 9.99 Å². The molecule has 2 fully saturated rings. The molecule has 0 aromatic carbocycles. The molecule has 0 aromatic heterocycles. The fourth-order valence-corrected chi connectivity index (χ4v) is 3.19. The van der Waals surface area contributed by atoms with Gasteiger partial charge in [-0.15, -0.1) is 10.3 Å². The van der Waals surface area contributed by atoms with Crippen molar-refractivity contribution >= 4 is 13.4 Å². The number of hydrazine groups is 2. The second-order valence-electron chi connectivity index (χ2n) is 5.29. The normalized spacial score (nSPS) is 24.7. The standard InChI is InChI=1S/C11H20N5O3P/c17-20(18,19)11-9-10(14-5-1-2-6-14)12-16(13-11)15-7-3-4-8-15/h9,13H,1-8H2,(H2,17,18,19). The van der Waals surface area contributed by atoms with Gasteiger partial charge in [0.2, 0.25) is 0 Å². The van der Waals surface area contributed by atoms with Crippen LogP contribution in [0.4, 0.5) is 0 Å². The molecule has 0 bridgehead atoms. The lowest BCUT2D eigenvalue weighted by atomic mass is 10.4. The smallest absolute Gasteiger partial charge is 0.355 e. The Bertz CT molecular complexity index is 476. The number of hydrogen-bond acceptors (Lipinski definition) is 6. The Morgan fingerprint density at radius 1 is 1.10 bits per heavy atom. The lowest BCUT2D eigenvalue weighted by Gasteiger charge is -2.34. The molecule has 3 heterocycles. The van der Waals surface area contributed by atoms with Crippen molar-refractivity contribution in [3.8, 4) is 0 Å². The molecule has 8 nitrogen and oxygen atoms in total. The molecule has 0 saturated carbocycles. The lowest BCUT2D eigenvalue weighted by molar-refractivity contribution is -0.0410. The highest BCUT2D eigenvalue weighted by molar-refractivity contribution is 7.56. The summed E-state index contributed by atoms with van der Waals surface area (Å²) in [6.45, 7) is 3.46. The first-order valence-corrected chi connectivity index (χ1v) is 8.58. The van der Waals surface area contributed by atoms with E-state index < -0.39 is 7.60 Å². The molecular formula is C11H20N5O3P. The molecule has 0 radical (unpaired) electrons. The fraction of sp³-hybridized carbons (Fsp3) is 0.727. The zero-order chi connectivity index (χ0) is 14.2. The van der Waals surface area contributed by atoms with Crippen LogP contribution in [0.3, 0.4) is 0 Å². The largest absolute Gasteiger partial charge is 0.373 e. The second kappa shape index (κ2) is 5.37. The van der Waals surface area contributed by atoms with Crippen molar-refractivity contribution in [1.82, 2.24) is 20.6 Å². The number of amidine groups is 1. The lowest BCUT2D eigenvalue weighted by Crippen LogP contribution is -2.49. The highest BCUT2D eigenvalue weighted by Gasteiger charge is 2.32. The summed E-state index contributed by atoms with van der Waals surface area (Å²) in [6.07, 6.45) is 5.80. The first-order valence-electron chi connectivity index (χ1n) is 6.97. The quantitative estimate of drug-likeness (QED) is 0.630. The predicted molar refractivity (Wildman–Crippen MR) is 74.2 cm³/mol. The van der Waals surface area contributed by atoms with Gasteiger partial charge in [-0.05, 0) is 25.7 Å². The van der Waals surface area contributed by atoms with E-state index in [-0.39, 0.29) is 5.44 Å². The van der Waals surface area contributed by atoms with Crippen LogP contribution in [0.5, 0.6) is 0 Å². The van der Waals surface area contributed by atoms with Gasteiger partial charge in [-0.2, -0.15) is 5.01 Å². The highest BCUT2D eigenvalue weighted by atomic mass is 31.2.